The number of ether oxygens (including phenoxy) is 1. The zero-order chi connectivity index (χ0) is 11.5. The van der Waals surface area contributed by atoms with Crippen molar-refractivity contribution in [2.45, 2.75) is 44.7 Å². The van der Waals surface area contributed by atoms with Crippen LogP contribution in [0.15, 0.2) is 0 Å². The lowest BCUT2D eigenvalue weighted by molar-refractivity contribution is -0.162. The summed E-state index contributed by atoms with van der Waals surface area (Å²) in [5.74, 6) is -0.723. The third-order valence-electron chi connectivity index (χ3n) is 3.26. The zero-order valence-electron chi connectivity index (χ0n) is 9.82. The molecule has 1 rings (SSSR count). The minimum atomic E-state index is -0.723. The Labute approximate surface area is 91.2 Å². The fraction of sp³-hybridized carbons (Fsp3) is 0.909. The molecule has 1 aliphatic rings. The molecule has 1 aliphatic heterocycles. The number of hydrogen-bond donors (Lipinski definition) is 1. The molecule has 1 saturated heterocycles. The molecule has 0 aromatic rings. The number of hydrogen-bond acceptors (Lipinski definition) is 3. The fourth-order valence-electron chi connectivity index (χ4n) is 1.86. The van der Waals surface area contributed by atoms with Gasteiger partial charge < -0.3 is 9.84 Å². The predicted octanol–water partition coefficient (Wildman–Crippen LogP) is 1.35. The highest BCUT2D eigenvalue weighted by Crippen LogP contribution is 2.26. The molecule has 15 heavy (non-hydrogen) atoms. The maximum Gasteiger partial charge on any atom is 0.320 e. The van der Waals surface area contributed by atoms with Crippen LogP contribution in [0.2, 0.25) is 0 Å². The molecule has 0 radical (unpaired) electrons. The van der Waals surface area contributed by atoms with Crippen molar-refractivity contribution in [3.63, 3.8) is 0 Å². The van der Waals surface area contributed by atoms with Crippen LogP contribution in [0.1, 0.15) is 33.1 Å². The molecule has 1 heterocycles. The van der Waals surface area contributed by atoms with Gasteiger partial charge in [0.25, 0.3) is 0 Å². The third-order valence-corrected chi connectivity index (χ3v) is 3.26. The van der Waals surface area contributed by atoms with Crippen LogP contribution >= 0.6 is 0 Å². The van der Waals surface area contributed by atoms with Gasteiger partial charge in [0.1, 0.15) is 6.04 Å². The van der Waals surface area contributed by atoms with E-state index in [2.05, 4.69) is 13.8 Å². The fourth-order valence-corrected chi connectivity index (χ4v) is 1.86. The second-order valence-electron chi connectivity index (χ2n) is 4.60. The van der Waals surface area contributed by atoms with Crippen LogP contribution in [-0.4, -0.2) is 47.8 Å². The molecular weight excluding hydrogens is 194 g/mol. The van der Waals surface area contributed by atoms with Crippen LogP contribution in [0.3, 0.4) is 0 Å². The number of nitrogens with zero attached hydrogens (tertiary/aromatic N) is 1. The monoisotopic (exact) mass is 215 g/mol. The first-order valence-electron chi connectivity index (χ1n) is 5.55. The minimum Gasteiger partial charge on any atom is -0.480 e. The van der Waals surface area contributed by atoms with Gasteiger partial charge in [-0.3, -0.25) is 9.69 Å². The SMILES string of the molecule is CCCCC(C(=O)O)N(C)C1(C)COC1. The summed E-state index contributed by atoms with van der Waals surface area (Å²) in [5.41, 5.74) is -0.0865. The number of rotatable bonds is 6. The molecule has 4 heteroatoms. The maximum absolute atomic E-state index is 11.2. The van der Waals surface area contributed by atoms with Crippen LogP contribution in [-0.2, 0) is 9.53 Å². The second kappa shape index (κ2) is 4.94. The third kappa shape index (κ3) is 2.69. The minimum absolute atomic E-state index is 0.0865. The molecule has 0 aromatic carbocycles. The van der Waals surface area contributed by atoms with Gasteiger partial charge in [-0.2, -0.15) is 0 Å². The maximum atomic E-state index is 11.2. The summed E-state index contributed by atoms with van der Waals surface area (Å²) in [5, 5.41) is 9.17. The highest BCUT2D eigenvalue weighted by atomic mass is 16.5. The summed E-state index contributed by atoms with van der Waals surface area (Å²) in [4.78, 5) is 13.1. The summed E-state index contributed by atoms with van der Waals surface area (Å²) in [6.45, 7) is 5.41. The second-order valence-corrected chi connectivity index (χ2v) is 4.60. The van der Waals surface area contributed by atoms with Crippen molar-refractivity contribution >= 4 is 5.97 Å². The average molecular weight is 215 g/mol. The molecule has 1 fully saturated rings. The van der Waals surface area contributed by atoms with E-state index in [0.29, 0.717) is 13.2 Å². The first kappa shape index (κ1) is 12.5. The quantitative estimate of drug-likeness (QED) is 0.726. The Hall–Kier alpha value is -0.610. The van der Waals surface area contributed by atoms with E-state index in [1.165, 1.54) is 0 Å². The normalized spacial score (nSPS) is 21.1. The summed E-state index contributed by atoms with van der Waals surface area (Å²) in [6, 6.07) is -0.376. The van der Waals surface area contributed by atoms with E-state index in [-0.39, 0.29) is 11.6 Å². The van der Waals surface area contributed by atoms with Gasteiger partial charge in [0, 0.05) is 0 Å². The number of aliphatic carboxylic acids is 1. The number of carboxylic acid groups (broad SMARTS) is 1. The largest absolute Gasteiger partial charge is 0.480 e. The highest BCUT2D eigenvalue weighted by Gasteiger charge is 2.42. The molecule has 0 bridgehead atoms. The average Bonchev–Trinajstić information content (AvgIpc) is 2.14. The molecule has 0 spiro atoms. The Morgan fingerprint density at radius 3 is 2.53 bits per heavy atom. The number of unbranched alkanes of at least 4 members (excludes halogenated alkanes) is 1. The summed E-state index contributed by atoms with van der Waals surface area (Å²) < 4.78 is 5.16. The molecule has 4 nitrogen and oxygen atoms in total. The molecule has 1 atom stereocenters. The Morgan fingerprint density at radius 2 is 2.20 bits per heavy atom. The van der Waals surface area contributed by atoms with Crippen LogP contribution in [0.4, 0.5) is 0 Å². The predicted molar refractivity (Wildman–Crippen MR) is 57.9 cm³/mol. The Balaban J connectivity index is 2.58. The van der Waals surface area contributed by atoms with Crippen molar-refractivity contribution in [1.82, 2.24) is 4.90 Å². The summed E-state index contributed by atoms with van der Waals surface area (Å²) >= 11 is 0. The van der Waals surface area contributed by atoms with Gasteiger partial charge in [-0.15, -0.1) is 0 Å². The van der Waals surface area contributed by atoms with Gasteiger partial charge >= 0.3 is 5.97 Å². The van der Waals surface area contributed by atoms with E-state index in [1.54, 1.807) is 0 Å². The van der Waals surface area contributed by atoms with Gasteiger partial charge in [0.15, 0.2) is 0 Å². The van der Waals surface area contributed by atoms with Gasteiger partial charge in [-0.1, -0.05) is 19.8 Å². The van der Waals surface area contributed by atoms with E-state index < -0.39 is 5.97 Å². The number of likely N-dealkylation sites (N-methyl/N-ethyl adjacent to an activating group) is 1. The molecule has 0 amide bonds. The number of carboxylic acids is 1. The van der Waals surface area contributed by atoms with E-state index in [1.807, 2.05) is 11.9 Å². The smallest absolute Gasteiger partial charge is 0.320 e. The van der Waals surface area contributed by atoms with Crippen LogP contribution < -0.4 is 0 Å². The molecular formula is C11H21NO3. The van der Waals surface area contributed by atoms with Crippen molar-refractivity contribution in [2.24, 2.45) is 0 Å². The standard InChI is InChI=1S/C11H21NO3/c1-4-5-6-9(10(13)14)12(3)11(2)7-15-8-11/h9H,4-8H2,1-3H3,(H,13,14). The van der Waals surface area contributed by atoms with Gasteiger partial charge in [0.05, 0.1) is 18.8 Å². The van der Waals surface area contributed by atoms with Gasteiger partial charge in [-0.05, 0) is 20.4 Å². The number of carbonyl (C=O) groups is 1. The summed E-state index contributed by atoms with van der Waals surface area (Å²) in [7, 11) is 1.89. The molecule has 88 valence electrons. The Morgan fingerprint density at radius 1 is 1.60 bits per heavy atom. The molecule has 0 saturated carbocycles. The van der Waals surface area contributed by atoms with E-state index in [0.717, 1.165) is 19.3 Å². The van der Waals surface area contributed by atoms with Crippen LogP contribution in [0, 0.1) is 0 Å². The lowest BCUT2D eigenvalue weighted by Gasteiger charge is -2.47. The van der Waals surface area contributed by atoms with Gasteiger partial charge in [-0.25, -0.2) is 0 Å². The van der Waals surface area contributed by atoms with E-state index >= 15 is 0 Å². The van der Waals surface area contributed by atoms with Crippen molar-refractivity contribution in [2.75, 3.05) is 20.3 Å². The van der Waals surface area contributed by atoms with Crippen molar-refractivity contribution in [3.05, 3.63) is 0 Å². The zero-order valence-corrected chi connectivity index (χ0v) is 9.82. The van der Waals surface area contributed by atoms with Crippen LogP contribution in [0.25, 0.3) is 0 Å². The topological polar surface area (TPSA) is 49.8 Å². The molecule has 1 N–H and O–H groups in total. The van der Waals surface area contributed by atoms with Crippen molar-refractivity contribution < 1.29 is 14.6 Å². The molecule has 1 unspecified atom stereocenters. The Bertz CT molecular complexity index is 226. The first-order chi connectivity index (χ1) is 7.01. The van der Waals surface area contributed by atoms with E-state index in [9.17, 15) is 9.90 Å². The van der Waals surface area contributed by atoms with E-state index in [4.69, 9.17) is 4.74 Å². The lowest BCUT2D eigenvalue weighted by Crippen LogP contribution is -2.63. The molecule has 0 aromatic heterocycles. The molecule has 0 aliphatic carbocycles. The van der Waals surface area contributed by atoms with Gasteiger partial charge in [0.2, 0.25) is 0 Å². The highest BCUT2D eigenvalue weighted by molar-refractivity contribution is 5.73. The lowest BCUT2D eigenvalue weighted by atomic mass is 9.94. The van der Waals surface area contributed by atoms with Crippen LogP contribution in [0.5, 0.6) is 0 Å². The summed E-state index contributed by atoms with van der Waals surface area (Å²) in [6.07, 6.45) is 2.71. The van der Waals surface area contributed by atoms with Crippen molar-refractivity contribution in [1.29, 1.82) is 0 Å². The first-order valence-corrected chi connectivity index (χ1v) is 5.55. The Kier molecular flexibility index (Phi) is 4.11. The van der Waals surface area contributed by atoms with Crippen molar-refractivity contribution in [3.8, 4) is 0 Å².